The average Bonchev–Trinajstić information content (AvgIpc) is 2.99. The minimum atomic E-state index is -0.494. The molecule has 9 heteroatoms. The van der Waals surface area contributed by atoms with E-state index >= 15 is 0 Å². The van der Waals surface area contributed by atoms with Crippen LogP contribution in [0.1, 0.15) is 83.9 Å². The van der Waals surface area contributed by atoms with Crippen LogP contribution in [0.4, 0.5) is 0 Å². The van der Waals surface area contributed by atoms with E-state index in [0.717, 1.165) is 57.8 Å². The van der Waals surface area contributed by atoms with Crippen molar-refractivity contribution in [3.8, 4) is 0 Å². The lowest BCUT2D eigenvalue weighted by Crippen LogP contribution is -2.52. The normalized spacial score (nSPS) is 16.6. The zero-order valence-corrected chi connectivity index (χ0v) is 28.7. The number of aliphatic imine (C=N–C) groups is 1. The molecule has 0 bridgehead atoms. The number of amides is 1. The molecule has 0 aromatic heterocycles. The van der Waals surface area contributed by atoms with Gasteiger partial charge in [0.15, 0.2) is 0 Å². The zero-order chi connectivity index (χ0) is 32.5. The molecule has 1 fully saturated rings. The molecule has 1 heterocycles. The van der Waals surface area contributed by atoms with Crippen molar-refractivity contribution in [3.05, 3.63) is 46.9 Å². The van der Waals surface area contributed by atoms with E-state index in [1.165, 1.54) is 29.5 Å². The summed E-state index contributed by atoms with van der Waals surface area (Å²) in [7, 11) is 3.72. The van der Waals surface area contributed by atoms with E-state index in [-0.39, 0.29) is 11.8 Å². The standard InChI is InChI=1S/C31H55N7O.C3H8O/c1-9-24-18-23(6)12-13-25(24)20-37-16-14-27(15-17-37)38(11-3)26(10-2)21-36(8)28(19-32)35-31(34-7)29(22(4)5)30(33)39;1-2-3-4/h12-13,18-19,22,26-27,29H,9-11,14-17,20-21,32H2,1-8H3,(H2,33,39)(H,34,35);4H,2-3H2,1H3/b28-19+;. The Kier molecular flexibility index (Phi) is 18.2. The number of aliphatic hydroxyl groups excluding tert-OH is 1. The lowest BCUT2D eigenvalue weighted by molar-refractivity contribution is -0.120. The van der Waals surface area contributed by atoms with Gasteiger partial charge in [-0.15, -0.1) is 0 Å². The van der Waals surface area contributed by atoms with Gasteiger partial charge in [0, 0.05) is 52.1 Å². The number of piperidine rings is 1. The monoisotopic (exact) mass is 602 g/mol. The quantitative estimate of drug-likeness (QED) is 0.177. The molecule has 0 aliphatic carbocycles. The smallest absolute Gasteiger partial charge is 0.228 e. The highest BCUT2D eigenvalue weighted by Gasteiger charge is 2.30. The minimum absolute atomic E-state index is 0.0300. The van der Waals surface area contributed by atoms with Crippen LogP contribution >= 0.6 is 0 Å². The Labute approximate surface area is 262 Å². The minimum Gasteiger partial charge on any atom is -0.402 e. The molecule has 9 nitrogen and oxygen atoms in total. The summed E-state index contributed by atoms with van der Waals surface area (Å²) in [5.41, 5.74) is 16.0. The molecule has 1 saturated heterocycles. The van der Waals surface area contributed by atoms with Gasteiger partial charge in [-0.2, -0.15) is 0 Å². The van der Waals surface area contributed by atoms with Crippen LogP contribution in [-0.2, 0) is 17.8 Å². The summed E-state index contributed by atoms with van der Waals surface area (Å²) in [4.78, 5) is 23.9. The van der Waals surface area contributed by atoms with Crippen LogP contribution in [-0.4, -0.2) is 90.5 Å². The number of nitrogens with zero attached hydrogens (tertiary/aromatic N) is 4. The number of hydrogen-bond acceptors (Lipinski definition) is 7. The van der Waals surface area contributed by atoms with Crippen LogP contribution in [0.25, 0.3) is 0 Å². The van der Waals surface area contributed by atoms with Crippen LogP contribution in [0.3, 0.4) is 0 Å². The third-order valence-corrected chi connectivity index (χ3v) is 8.51. The highest BCUT2D eigenvalue weighted by molar-refractivity contribution is 6.03. The summed E-state index contributed by atoms with van der Waals surface area (Å²) >= 11 is 0. The number of rotatable bonds is 15. The Morgan fingerprint density at radius 1 is 1.19 bits per heavy atom. The van der Waals surface area contributed by atoms with Gasteiger partial charge in [-0.3, -0.25) is 19.6 Å². The van der Waals surface area contributed by atoms with E-state index in [1.807, 2.05) is 27.8 Å². The van der Waals surface area contributed by atoms with Crippen molar-refractivity contribution in [1.29, 1.82) is 0 Å². The maximum Gasteiger partial charge on any atom is 0.228 e. The van der Waals surface area contributed by atoms with Crippen LogP contribution in [0.2, 0.25) is 0 Å². The highest BCUT2D eigenvalue weighted by Crippen LogP contribution is 2.24. The second kappa shape index (κ2) is 20.4. The Hall–Kier alpha value is -2.62. The summed E-state index contributed by atoms with van der Waals surface area (Å²) < 4.78 is 0. The third kappa shape index (κ3) is 12.1. The van der Waals surface area contributed by atoms with E-state index in [1.54, 1.807) is 13.2 Å². The summed E-state index contributed by atoms with van der Waals surface area (Å²) in [6.45, 7) is 20.3. The number of aliphatic hydroxyl groups is 1. The van der Waals surface area contributed by atoms with Crippen LogP contribution in [0, 0.1) is 18.8 Å². The second-order valence-corrected chi connectivity index (χ2v) is 12.0. The first kappa shape index (κ1) is 38.4. The number of aryl methyl sites for hydroxylation is 2. The molecule has 0 radical (unpaired) electrons. The number of likely N-dealkylation sites (N-methyl/N-ethyl adjacent to an activating group) is 2. The van der Waals surface area contributed by atoms with Gasteiger partial charge in [-0.1, -0.05) is 65.3 Å². The predicted octanol–water partition coefficient (Wildman–Crippen LogP) is 4.08. The largest absolute Gasteiger partial charge is 0.402 e. The number of hydrogen-bond donors (Lipinski definition) is 4. The molecule has 0 spiro atoms. The maximum absolute atomic E-state index is 12.1. The van der Waals surface area contributed by atoms with Crippen molar-refractivity contribution in [2.75, 3.05) is 46.9 Å². The SMILES string of the molecule is CCCO.CCc1cc(C)ccc1CN1CCC(N(CC)C(CC)CN(C)/C(=C/N)NC(=NC)C(C(N)=O)C(C)C)CC1. The van der Waals surface area contributed by atoms with E-state index in [0.29, 0.717) is 24.5 Å². The van der Waals surface area contributed by atoms with Crippen LogP contribution < -0.4 is 16.8 Å². The number of carbonyl (C=O) groups is 1. The summed E-state index contributed by atoms with van der Waals surface area (Å²) in [5, 5.41) is 11.2. The number of nitrogens with one attached hydrogen (secondary N) is 1. The van der Waals surface area contributed by atoms with E-state index < -0.39 is 5.92 Å². The molecule has 0 saturated carbocycles. The van der Waals surface area contributed by atoms with Gasteiger partial charge in [0.2, 0.25) is 5.91 Å². The van der Waals surface area contributed by atoms with Crippen molar-refractivity contribution in [3.63, 3.8) is 0 Å². The van der Waals surface area contributed by atoms with Gasteiger partial charge in [-0.25, -0.2) is 0 Å². The molecule has 1 aromatic rings. The van der Waals surface area contributed by atoms with Gasteiger partial charge >= 0.3 is 0 Å². The third-order valence-electron chi connectivity index (χ3n) is 8.51. The van der Waals surface area contributed by atoms with Gasteiger partial charge < -0.3 is 26.8 Å². The first-order chi connectivity index (χ1) is 20.5. The van der Waals surface area contributed by atoms with E-state index in [4.69, 9.17) is 16.6 Å². The summed E-state index contributed by atoms with van der Waals surface area (Å²) in [6.07, 6.45) is 6.93. The molecule has 1 aliphatic heterocycles. The van der Waals surface area contributed by atoms with E-state index in [9.17, 15) is 4.79 Å². The molecule has 1 amide bonds. The lowest BCUT2D eigenvalue weighted by Gasteiger charge is -2.43. The number of benzene rings is 1. The maximum atomic E-state index is 12.1. The van der Waals surface area contributed by atoms with Crippen molar-refractivity contribution in [1.82, 2.24) is 20.0 Å². The Morgan fingerprint density at radius 3 is 2.26 bits per heavy atom. The van der Waals surface area contributed by atoms with Gasteiger partial charge in [-0.05, 0) is 75.7 Å². The molecule has 2 unspecified atom stereocenters. The lowest BCUT2D eigenvalue weighted by atomic mass is 9.93. The Morgan fingerprint density at radius 2 is 1.81 bits per heavy atom. The Bertz CT molecular complexity index is 1000. The van der Waals surface area contributed by atoms with Crippen molar-refractivity contribution in [2.45, 2.75) is 99.2 Å². The van der Waals surface area contributed by atoms with E-state index in [2.05, 4.69) is 70.9 Å². The summed E-state index contributed by atoms with van der Waals surface area (Å²) in [6, 6.07) is 7.86. The number of primary amides is 1. The molecule has 246 valence electrons. The number of carbonyl (C=O) groups excluding carboxylic acids is 1. The highest BCUT2D eigenvalue weighted by atomic mass is 16.2. The first-order valence-electron chi connectivity index (χ1n) is 16.3. The first-order valence-corrected chi connectivity index (χ1v) is 16.3. The average molecular weight is 602 g/mol. The molecular formula is C34H63N7O2. The molecule has 1 aromatic carbocycles. The number of nitrogens with two attached hydrogens (primary N) is 2. The van der Waals surface area contributed by atoms with Crippen molar-refractivity contribution in [2.24, 2.45) is 28.3 Å². The van der Waals surface area contributed by atoms with Crippen LogP contribution in [0.15, 0.2) is 35.2 Å². The topological polar surface area (TPSA) is 123 Å². The van der Waals surface area contributed by atoms with Gasteiger partial charge in [0.25, 0.3) is 0 Å². The molecule has 1 aliphatic rings. The summed E-state index contributed by atoms with van der Waals surface area (Å²) in [5.74, 6) is 0.430. The Balaban J connectivity index is 0.00000217. The second-order valence-electron chi connectivity index (χ2n) is 12.0. The number of amidine groups is 1. The fraction of sp³-hybridized carbons (Fsp3) is 0.706. The fourth-order valence-corrected chi connectivity index (χ4v) is 6.03. The van der Waals surface area contributed by atoms with Crippen molar-refractivity contribution >= 4 is 11.7 Å². The fourth-order valence-electron chi connectivity index (χ4n) is 6.03. The predicted molar refractivity (Wildman–Crippen MR) is 182 cm³/mol. The van der Waals surface area contributed by atoms with Gasteiger partial charge in [0.05, 0.1) is 5.92 Å². The molecule has 43 heavy (non-hydrogen) atoms. The molecular weight excluding hydrogens is 538 g/mol. The van der Waals surface area contributed by atoms with Gasteiger partial charge in [0.1, 0.15) is 11.7 Å². The zero-order valence-electron chi connectivity index (χ0n) is 28.7. The molecule has 6 N–H and O–H groups in total. The molecule has 2 rings (SSSR count). The van der Waals surface area contributed by atoms with Crippen molar-refractivity contribution < 1.29 is 9.90 Å². The number of likely N-dealkylation sites (tertiary alicyclic amines) is 1. The van der Waals surface area contributed by atoms with Crippen LogP contribution in [0.5, 0.6) is 0 Å². The molecule has 2 atom stereocenters.